The lowest BCUT2D eigenvalue weighted by Crippen LogP contribution is -2.38. The molecule has 1 aliphatic carbocycles. The van der Waals surface area contributed by atoms with Gasteiger partial charge >= 0.3 is 0 Å². The van der Waals surface area contributed by atoms with E-state index in [1.165, 1.54) is 32.1 Å². The van der Waals surface area contributed by atoms with Crippen LogP contribution >= 0.6 is 11.6 Å². The highest BCUT2D eigenvalue weighted by molar-refractivity contribution is 6.31. The van der Waals surface area contributed by atoms with Gasteiger partial charge in [0.25, 0.3) is 5.91 Å². The molecule has 9 nitrogen and oxygen atoms in total. The van der Waals surface area contributed by atoms with Crippen LogP contribution in [0.25, 0.3) is 0 Å². The molecule has 168 valence electrons. The lowest BCUT2D eigenvalue weighted by Gasteiger charge is -2.28. The first-order valence-electron chi connectivity index (χ1n) is 10.7. The van der Waals surface area contributed by atoms with Crippen LogP contribution in [0.4, 0.5) is 11.6 Å². The number of aromatic nitrogens is 2. The summed E-state index contributed by atoms with van der Waals surface area (Å²) in [7, 11) is 1.61. The number of halogens is 1. The van der Waals surface area contributed by atoms with Gasteiger partial charge in [0, 0.05) is 20.2 Å². The molecule has 6 N–H and O–H groups in total. The number of amides is 1. The summed E-state index contributed by atoms with van der Waals surface area (Å²) in [5.74, 6) is 0.543. The Morgan fingerprint density at radius 2 is 2.00 bits per heavy atom. The number of rotatable bonds is 10. The highest BCUT2D eigenvalue weighted by atomic mass is 35.5. The van der Waals surface area contributed by atoms with Crippen molar-refractivity contribution in [1.82, 2.24) is 15.3 Å². The lowest BCUT2D eigenvalue weighted by molar-refractivity contribution is 0.0174. The molecule has 0 saturated heterocycles. The molecular formula is C20H34ClN7O2. The van der Waals surface area contributed by atoms with Gasteiger partial charge in [-0.1, -0.05) is 31.4 Å². The van der Waals surface area contributed by atoms with E-state index in [9.17, 15) is 4.79 Å². The van der Waals surface area contributed by atoms with Crippen LogP contribution in [0.2, 0.25) is 5.15 Å². The van der Waals surface area contributed by atoms with E-state index in [1.807, 2.05) is 0 Å². The van der Waals surface area contributed by atoms with Gasteiger partial charge in [0.1, 0.15) is 0 Å². The zero-order valence-electron chi connectivity index (χ0n) is 17.9. The van der Waals surface area contributed by atoms with E-state index in [-0.39, 0.29) is 28.4 Å². The number of carbonyl (C=O) groups excluding carboxylic acids is 1. The number of ether oxygens (including phenoxy) is 1. The summed E-state index contributed by atoms with van der Waals surface area (Å²) in [6, 6.07) is 0. The van der Waals surface area contributed by atoms with Crippen molar-refractivity contribution in [2.75, 3.05) is 31.2 Å². The first-order chi connectivity index (χ1) is 14.4. The fraction of sp³-hybridized carbons (Fsp3) is 0.700. The minimum absolute atomic E-state index is 0.00775. The number of hydrogen-bond acceptors (Lipinski definition) is 7. The quantitative estimate of drug-likeness (QED) is 0.249. The molecule has 1 aromatic rings. The van der Waals surface area contributed by atoms with Crippen LogP contribution in [-0.4, -0.2) is 48.1 Å². The highest BCUT2D eigenvalue weighted by Gasteiger charge is 2.21. The number of nitrogen functional groups attached to an aromatic ring is 1. The van der Waals surface area contributed by atoms with Gasteiger partial charge in [-0.25, -0.2) is 9.97 Å². The molecule has 1 fully saturated rings. The van der Waals surface area contributed by atoms with Gasteiger partial charge in [0.2, 0.25) is 0 Å². The molecule has 0 unspecified atom stereocenters. The van der Waals surface area contributed by atoms with E-state index in [2.05, 4.69) is 32.5 Å². The second kappa shape index (κ2) is 12.5. The Bertz CT molecular complexity index is 721. The molecule has 1 saturated carbocycles. The van der Waals surface area contributed by atoms with Gasteiger partial charge in [-0.15, -0.1) is 0 Å². The van der Waals surface area contributed by atoms with Crippen molar-refractivity contribution < 1.29 is 9.53 Å². The molecule has 1 heterocycles. The molecule has 0 radical (unpaired) electrons. The van der Waals surface area contributed by atoms with Gasteiger partial charge in [-0.3, -0.25) is 15.1 Å². The standard InChI is InChI=1S/C20H34ClN7O2/c1-3-12-30-14-9-7-13(8-10-14)6-4-5-11-25-20(23)28-19(29)15-18(24-2)27-17(22)16(21)26-15/h13-14H,3-12H2,1-2H3,(H3,22,24,27)(H3,23,25,28,29). The fourth-order valence-corrected chi connectivity index (χ4v) is 3.72. The van der Waals surface area contributed by atoms with Crippen LogP contribution in [-0.2, 0) is 4.74 Å². The first kappa shape index (κ1) is 24.1. The molecule has 0 atom stereocenters. The monoisotopic (exact) mass is 439 g/mol. The number of unbranched alkanes of at least 4 members (excludes halogenated alkanes) is 1. The average molecular weight is 440 g/mol. The van der Waals surface area contributed by atoms with Crippen LogP contribution in [0.1, 0.15) is 68.8 Å². The van der Waals surface area contributed by atoms with E-state index < -0.39 is 5.91 Å². The Labute approximate surface area is 183 Å². The van der Waals surface area contributed by atoms with Crippen LogP contribution in [0.15, 0.2) is 4.99 Å². The van der Waals surface area contributed by atoms with E-state index in [4.69, 9.17) is 27.8 Å². The maximum absolute atomic E-state index is 12.4. The van der Waals surface area contributed by atoms with Gasteiger partial charge in [0.15, 0.2) is 28.4 Å². The van der Waals surface area contributed by atoms with E-state index in [0.717, 1.165) is 31.8 Å². The van der Waals surface area contributed by atoms with Crippen molar-refractivity contribution in [2.45, 2.75) is 64.4 Å². The Balaban J connectivity index is 1.69. The molecule has 0 spiro atoms. The smallest absolute Gasteiger partial charge is 0.280 e. The number of aliphatic imine (C=N–C) groups is 1. The minimum Gasteiger partial charge on any atom is -0.381 e. The normalized spacial score (nSPS) is 19.5. The summed E-state index contributed by atoms with van der Waals surface area (Å²) >= 11 is 5.86. The summed E-state index contributed by atoms with van der Waals surface area (Å²) in [5, 5.41) is 5.23. The Morgan fingerprint density at radius 3 is 2.67 bits per heavy atom. The molecule has 1 aliphatic rings. The van der Waals surface area contributed by atoms with Crippen molar-refractivity contribution in [2.24, 2.45) is 16.6 Å². The minimum atomic E-state index is -0.544. The molecule has 2 rings (SSSR count). The zero-order chi connectivity index (χ0) is 21.9. The third kappa shape index (κ3) is 7.60. The largest absolute Gasteiger partial charge is 0.381 e. The maximum Gasteiger partial charge on any atom is 0.280 e. The molecule has 10 heteroatoms. The third-order valence-corrected chi connectivity index (χ3v) is 5.50. The number of hydrogen-bond donors (Lipinski definition) is 4. The SMILES string of the molecule is CCCOC1CCC(CCCCN=C(N)NC(=O)c2nc(Cl)c(N)nc2NC)CC1. The highest BCUT2D eigenvalue weighted by Crippen LogP contribution is 2.29. The van der Waals surface area contributed by atoms with Crippen LogP contribution < -0.4 is 22.1 Å². The molecule has 0 aliphatic heterocycles. The van der Waals surface area contributed by atoms with Gasteiger partial charge in [0.05, 0.1) is 6.10 Å². The molecule has 0 bridgehead atoms. The number of guanidine groups is 1. The van der Waals surface area contributed by atoms with Crippen molar-refractivity contribution in [3.63, 3.8) is 0 Å². The van der Waals surface area contributed by atoms with Crippen molar-refractivity contribution in [3.05, 3.63) is 10.8 Å². The van der Waals surface area contributed by atoms with E-state index in [1.54, 1.807) is 7.05 Å². The number of nitrogens with zero attached hydrogens (tertiary/aromatic N) is 3. The van der Waals surface area contributed by atoms with Gasteiger partial charge in [-0.2, -0.15) is 0 Å². The summed E-state index contributed by atoms with van der Waals surface area (Å²) in [6.07, 6.45) is 9.61. The summed E-state index contributed by atoms with van der Waals surface area (Å²) < 4.78 is 5.85. The van der Waals surface area contributed by atoms with E-state index >= 15 is 0 Å². The predicted molar refractivity (Wildman–Crippen MR) is 121 cm³/mol. The number of anilines is 2. The first-order valence-corrected chi connectivity index (χ1v) is 11.1. The number of nitrogens with one attached hydrogen (secondary N) is 2. The van der Waals surface area contributed by atoms with Crippen LogP contribution in [0, 0.1) is 5.92 Å². The van der Waals surface area contributed by atoms with Gasteiger partial charge in [-0.05, 0) is 44.4 Å². The van der Waals surface area contributed by atoms with Gasteiger partial charge < -0.3 is 21.5 Å². The van der Waals surface area contributed by atoms with Crippen LogP contribution in [0.5, 0.6) is 0 Å². The summed E-state index contributed by atoms with van der Waals surface area (Å²) in [5.41, 5.74) is 11.4. The third-order valence-electron chi connectivity index (χ3n) is 5.23. The topological polar surface area (TPSA) is 141 Å². The van der Waals surface area contributed by atoms with Crippen molar-refractivity contribution in [1.29, 1.82) is 0 Å². The Kier molecular flexibility index (Phi) is 10.1. The zero-order valence-corrected chi connectivity index (χ0v) is 18.7. The van der Waals surface area contributed by atoms with Crippen LogP contribution in [0.3, 0.4) is 0 Å². The Morgan fingerprint density at radius 1 is 1.27 bits per heavy atom. The predicted octanol–water partition coefficient (Wildman–Crippen LogP) is 2.95. The molecule has 1 aromatic heterocycles. The molecule has 1 amide bonds. The second-order valence-electron chi connectivity index (χ2n) is 7.58. The van der Waals surface area contributed by atoms with Crippen molar-refractivity contribution in [3.8, 4) is 0 Å². The summed E-state index contributed by atoms with van der Waals surface area (Å²) in [6.45, 7) is 3.58. The van der Waals surface area contributed by atoms with E-state index in [0.29, 0.717) is 12.6 Å². The lowest BCUT2D eigenvalue weighted by atomic mass is 9.84. The Hall–Kier alpha value is -2.13. The van der Waals surface area contributed by atoms with Crippen molar-refractivity contribution >= 4 is 35.1 Å². The molecule has 0 aromatic carbocycles. The second-order valence-corrected chi connectivity index (χ2v) is 7.94. The average Bonchev–Trinajstić information content (AvgIpc) is 2.74. The summed E-state index contributed by atoms with van der Waals surface area (Å²) in [4.78, 5) is 24.5. The maximum atomic E-state index is 12.4. The molecular weight excluding hydrogens is 406 g/mol. The number of carbonyl (C=O) groups is 1. The fourth-order valence-electron chi connectivity index (χ4n) is 3.59. The number of nitrogens with two attached hydrogens (primary N) is 2. The molecule has 30 heavy (non-hydrogen) atoms.